The molecule has 0 bridgehead atoms. The van der Waals surface area contributed by atoms with Crippen LogP contribution in [0.3, 0.4) is 0 Å². The molecule has 0 atom stereocenters. The van der Waals surface area contributed by atoms with Crippen LogP contribution < -0.4 is 0 Å². The molecule has 0 unspecified atom stereocenters. The maximum Gasteiger partial charge on any atom is 0.349 e. The highest BCUT2D eigenvalue weighted by molar-refractivity contribution is 7.08. The number of aryl methyl sites for hydroxylation is 2. The van der Waals surface area contributed by atoms with Crippen molar-refractivity contribution in [3.63, 3.8) is 0 Å². The molecule has 0 spiro atoms. The van der Waals surface area contributed by atoms with Crippen LogP contribution >= 0.6 is 11.5 Å². The summed E-state index contributed by atoms with van der Waals surface area (Å²) in [6.07, 6.45) is 1.73. The van der Waals surface area contributed by atoms with Crippen molar-refractivity contribution in [1.29, 1.82) is 0 Å². The minimum absolute atomic E-state index is 0.145. The normalized spacial score (nSPS) is 10.5. The molecule has 0 aliphatic heterocycles. The van der Waals surface area contributed by atoms with E-state index in [9.17, 15) is 4.79 Å². The van der Waals surface area contributed by atoms with Gasteiger partial charge in [-0.25, -0.2) is 4.79 Å². The first-order valence-corrected chi connectivity index (χ1v) is 4.93. The fraction of sp³-hybridized carbons (Fsp3) is 0.250. The summed E-state index contributed by atoms with van der Waals surface area (Å²) in [7, 11) is 1.77. The zero-order valence-electron chi connectivity index (χ0n) is 8.13. The first kappa shape index (κ1) is 9.78. The lowest BCUT2D eigenvalue weighted by molar-refractivity contribution is 0.0702. The number of nitrogens with zero attached hydrogens (tertiary/aromatic N) is 4. The molecule has 1 N–H and O–H groups in total. The predicted molar refractivity (Wildman–Crippen MR) is 53.8 cm³/mol. The number of carboxylic acids is 1. The molecule has 0 aromatic carbocycles. The minimum Gasteiger partial charge on any atom is -0.477 e. The van der Waals surface area contributed by atoms with Crippen LogP contribution in [0.2, 0.25) is 0 Å². The van der Waals surface area contributed by atoms with E-state index in [1.807, 2.05) is 0 Å². The number of carbonyl (C=O) groups is 1. The maximum atomic E-state index is 10.9. The van der Waals surface area contributed by atoms with E-state index in [1.54, 1.807) is 24.9 Å². The Balaban J connectivity index is 2.58. The van der Waals surface area contributed by atoms with E-state index in [2.05, 4.69) is 14.7 Å². The lowest BCUT2D eigenvalue weighted by Crippen LogP contribution is -1.95. The average Bonchev–Trinajstić information content (AvgIpc) is 2.71. The largest absolute Gasteiger partial charge is 0.477 e. The third kappa shape index (κ3) is 1.61. The second-order valence-electron chi connectivity index (χ2n) is 3.06. The predicted octanol–water partition coefficient (Wildman–Crippen LogP) is 0.945. The molecule has 2 aromatic rings. The Hall–Kier alpha value is -1.76. The smallest absolute Gasteiger partial charge is 0.349 e. The van der Waals surface area contributed by atoms with Crippen LogP contribution in [0, 0.1) is 6.92 Å². The number of carboxylic acid groups (broad SMARTS) is 1. The van der Waals surface area contributed by atoms with Crippen molar-refractivity contribution in [3.05, 3.63) is 16.8 Å². The standard InChI is InChI=1S/C8H8N4O2S/c1-4-5(3-12(2)10-4)6-7(8(13)14)15-11-9-6/h3H,1-2H3,(H,13,14). The molecule has 2 rings (SSSR count). The van der Waals surface area contributed by atoms with Gasteiger partial charge in [-0.15, -0.1) is 5.10 Å². The summed E-state index contributed by atoms with van der Waals surface area (Å²) < 4.78 is 5.26. The summed E-state index contributed by atoms with van der Waals surface area (Å²) in [5.41, 5.74) is 1.84. The third-order valence-electron chi connectivity index (χ3n) is 1.95. The molecule has 0 amide bonds. The third-order valence-corrected chi connectivity index (χ3v) is 2.66. The highest BCUT2D eigenvalue weighted by Crippen LogP contribution is 2.25. The second-order valence-corrected chi connectivity index (χ2v) is 3.81. The first-order valence-electron chi connectivity index (χ1n) is 4.16. The van der Waals surface area contributed by atoms with Crippen molar-refractivity contribution in [2.45, 2.75) is 6.92 Å². The van der Waals surface area contributed by atoms with Crippen LogP contribution in [0.25, 0.3) is 11.3 Å². The van der Waals surface area contributed by atoms with Crippen molar-refractivity contribution in [2.75, 3.05) is 0 Å². The SMILES string of the molecule is Cc1nn(C)cc1-c1nnsc1C(=O)O. The molecule has 6 nitrogen and oxygen atoms in total. The summed E-state index contributed by atoms with van der Waals surface area (Å²) >= 11 is 0.873. The molecule has 78 valence electrons. The zero-order chi connectivity index (χ0) is 11.0. The summed E-state index contributed by atoms with van der Waals surface area (Å²) in [6.45, 7) is 1.81. The highest BCUT2D eigenvalue weighted by atomic mass is 32.1. The summed E-state index contributed by atoms with van der Waals surface area (Å²) in [5, 5.41) is 16.9. The Morgan fingerprint density at radius 1 is 1.60 bits per heavy atom. The van der Waals surface area contributed by atoms with Gasteiger partial charge in [0.2, 0.25) is 0 Å². The van der Waals surface area contributed by atoms with E-state index < -0.39 is 5.97 Å². The van der Waals surface area contributed by atoms with Crippen LogP contribution in [-0.2, 0) is 7.05 Å². The van der Waals surface area contributed by atoms with Crippen LogP contribution in [0.4, 0.5) is 0 Å². The average molecular weight is 224 g/mol. The lowest BCUT2D eigenvalue weighted by Gasteiger charge is -1.93. The van der Waals surface area contributed by atoms with Gasteiger partial charge in [0.05, 0.1) is 5.69 Å². The van der Waals surface area contributed by atoms with Gasteiger partial charge in [0.25, 0.3) is 0 Å². The molecule has 0 aliphatic rings. The first-order chi connectivity index (χ1) is 7.09. The van der Waals surface area contributed by atoms with Crippen molar-refractivity contribution in [3.8, 4) is 11.3 Å². The van der Waals surface area contributed by atoms with Crippen molar-refractivity contribution >= 4 is 17.5 Å². The van der Waals surface area contributed by atoms with Gasteiger partial charge >= 0.3 is 5.97 Å². The Labute approximate surface area is 89.3 Å². The molecule has 2 aromatic heterocycles. The molecule has 0 aliphatic carbocycles. The molecule has 0 fully saturated rings. The highest BCUT2D eigenvalue weighted by Gasteiger charge is 2.19. The van der Waals surface area contributed by atoms with E-state index in [4.69, 9.17) is 5.11 Å². The number of aromatic carboxylic acids is 1. The monoisotopic (exact) mass is 224 g/mol. The van der Waals surface area contributed by atoms with Crippen molar-refractivity contribution in [2.24, 2.45) is 7.05 Å². The van der Waals surface area contributed by atoms with Gasteiger partial charge in [0.1, 0.15) is 5.69 Å². The van der Waals surface area contributed by atoms with E-state index in [-0.39, 0.29) is 4.88 Å². The molecule has 7 heteroatoms. The Bertz CT molecular complexity index is 516. The molecule has 0 saturated carbocycles. The lowest BCUT2D eigenvalue weighted by atomic mass is 10.2. The van der Waals surface area contributed by atoms with E-state index in [0.29, 0.717) is 11.3 Å². The van der Waals surface area contributed by atoms with Gasteiger partial charge < -0.3 is 5.11 Å². The number of rotatable bonds is 2. The van der Waals surface area contributed by atoms with Crippen LogP contribution in [0.5, 0.6) is 0 Å². The van der Waals surface area contributed by atoms with Crippen molar-refractivity contribution in [1.82, 2.24) is 19.4 Å². The molecule has 0 radical (unpaired) electrons. The Morgan fingerprint density at radius 2 is 2.33 bits per heavy atom. The van der Waals surface area contributed by atoms with Gasteiger partial charge in [0, 0.05) is 18.8 Å². The van der Waals surface area contributed by atoms with Gasteiger partial charge in [0.15, 0.2) is 4.88 Å². The maximum absolute atomic E-state index is 10.9. The second kappa shape index (κ2) is 3.43. The van der Waals surface area contributed by atoms with Gasteiger partial charge in [-0.05, 0) is 18.5 Å². The topological polar surface area (TPSA) is 80.9 Å². The van der Waals surface area contributed by atoms with Crippen LogP contribution in [0.1, 0.15) is 15.4 Å². The zero-order valence-corrected chi connectivity index (χ0v) is 8.95. The van der Waals surface area contributed by atoms with Gasteiger partial charge in [-0.2, -0.15) is 5.10 Å². The molecule has 15 heavy (non-hydrogen) atoms. The van der Waals surface area contributed by atoms with Crippen molar-refractivity contribution < 1.29 is 9.90 Å². The fourth-order valence-electron chi connectivity index (χ4n) is 1.34. The molecule has 2 heterocycles. The number of hydrogen-bond acceptors (Lipinski definition) is 5. The van der Waals surface area contributed by atoms with Gasteiger partial charge in [-0.1, -0.05) is 4.49 Å². The van der Waals surface area contributed by atoms with E-state index in [1.165, 1.54) is 0 Å². The quantitative estimate of drug-likeness (QED) is 0.821. The number of aromatic nitrogens is 4. The molecule has 0 saturated heterocycles. The fourth-order valence-corrected chi connectivity index (χ4v) is 1.86. The molecular weight excluding hydrogens is 216 g/mol. The summed E-state index contributed by atoms with van der Waals surface area (Å²) in [5.74, 6) is -1.01. The summed E-state index contributed by atoms with van der Waals surface area (Å²) in [4.78, 5) is 11.0. The van der Waals surface area contributed by atoms with E-state index in [0.717, 1.165) is 17.2 Å². The molecular formula is C8H8N4O2S. The Morgan fingerprint density at radius 3 is 2.87 bits per heavy atom. The minimum atomic E-state index is -1.01. The number of hydrogen-bond donors (Lipinski definition) is 1. The van der Waals surface area contributed by atoms with Gasteiger partial charge in [-0.3, -0.25) is 4.68 Å². The van der Waals surface area contributed by atoms with E-state index >= 15 is 0 Å². The van der Waals surface area contributed by atoms with Crippen LogP contribution in [0.15, 0.2) is 6.20 Å². The Kier molecular flexibility index (Phi) is 2.24. The summed E-state index contributed by atoms with van der Waals surface area (Å²) in [6, 6.07) is 0. The van der Waals surface area contributed by atoms with Crippen LogP contribution in [-0.4, -0.2) is 30.4 Å².